The van der Waals surface area contributed by atoms with E-state index in [4.69, 9.17) is 4.74 Å². The van der Waals surface area contributed by atoms with E-state index in [1.54, 1.807) is 6.07 Å². The first-order chi connectivity index (χ1) is 13.6. The maximum Gasteiger partial charge on any atom is 0.230 e. The van der Waals surface area contributed by atoms with Crippen LogP contribution in [0.25, 0.3) is 0 Å². The molecule has 0 radical (unpaired) electrons. The SMILES string of the molecule is CCN(CCNC(=O)C1(c2cccc(F)c2)CCOCC1)c1ccccc1C. The van der Waals surface area contributed by atoms with Gasteiger partial charge in [0.1, 0.15) is 5.82 Å². The fourth-order valence-electron chi connectivity index (χ4n) is 3.99. The molecule has 150 valence electrons. The van der Waals surface area contributed by atoms with Gasteiger partial charge in [-0.15, -0.1) is 0 Å². The van der Waals surface area contributed by atoms with Crippen LogP contribution in [0, 0.1) is 12.7 Å². The summed E-state index contributed by atoms with van der Waals surface area (Å²) in [5, 5.41) is 3.11. The van der Waals surface area contributed by atoms with Crippen molar-refractivity contribution in [3.8, 4) is 0 Å². The third-order valence-corrected chi connectivity index (χ3v) is 5.66. The summed E-state index contributed by atoms with van der Waals surface area (Å²) in [5.74, 6) is -0.352. The lowest BCUT2D eigenvalue weighted by Gasteiger charge is -2.36. The molecule has 0 bridgehead atoms. The maximum atomic E-state index is 13.8. The molecule has 1 heterocycles. The predicted octanol–water partition coefficient (Wildman–Crippen LogP) is 3.83. The number of nitrogens with one attached hydrogen (secondary N) is 1. The molecule has 2 aromatic carbocycles. The molecule has 0 spiro atoms. The van der Waals surface area contributed by atoms with Crippen molar-refractivity contribution < 1.29 is 13.9 Å². The number of amides is 1. The molecule has 0 unspecified atom stereocenters. The second-order valence-electron chi connectivity index (χ2n) is 7.33. The number of carbonyl (C=O) groups excluding carboxylic acids is 1. The molecule has 28 heavy (non-hydrogen) atoms. The second-order valence-corrected chi connectivity index (χ2v) is 7.33. The lowest BCUT2D eigenvalue weighted by molar-refractivity contribution is -0.130. The Hall–Kier alpha value is -2.40. The lowest BCUT2D eigenvalue weighted by Crippen LogP contribution is -2.49. The highest BCUT2D eigenvalue weighted by molar-refractivity contribution is 5.88. The molecule has 0 aromatic heterocycles. The summed E-state index contributed by atoms with van der Waals surface area (Å²) in [6.07, 6.45) is 1.13. The van der Waals surface area contributed by atoms with Crippen LogP contribution >= 0.6 is 0 Å². The Balaban J connectivity index is 1.70. The first kappa shape index (κ1) is 20.3. The third-order valence-electron chi connectivity index (χ3n) is 5.66. The summed E-state index contributed by atoms with van der Waals surface area (Å²) in [7, 11) is 0. The Morgan fingerprint density at radius 3 is 2.61 bits per heavy atom. The number of anilines is 1. The number of para-hydroxylation sites is 1. The number of hydrogen-bond acceptors (Lipinski definition) is 3. The zero-order chi connectivity index (χ0) is 20.0. The van der Waals surface area contributed by atoms with E-state index >= 15 is 0 Å². The van der Waals surface area contributed by atoms with Gasteiger partial charge in [0.05, 0.1) is 5.41 Å². The Kier molecular flexibility index (Phi) is 6.68. The molecule has 0 aliphatic carbocycles. The van der Waals surface area contributed by atoms with Crippen molar-refractivity contribution in [2.24, 2.45) is 0 Å². The lowest BCUT2D eigenvalue weighted by atomic mass is 9.73. The summed E-state index contributed by atoms with van der Waals surface area (Å²) < 4.78 is 19.3. The molecular formula is C23H29FN2O2. The van der Waals surface area contributed by atoms with Crippen molar-refractivity contribution >= 4 is 11.6 Å². The van der Waals surface area contributed by atoms with E-state index in [1.807, 2.05) is 18.2 Å². The molecule has 5 heteroatoms. The van der Waals surface area contributed by atoms with Gasteiger partial charge in [-0.05, 0) is 56.0 Å². The van der Waals surface area contributed by atoms with Gasteiger partial charge in [0.2, 0.25) is 5.91 Å². The van der Waals surface area contributed by atoms with Crippen LogP contribution in [0.1, 0.15) is 30.9 Å². The highest BCUT2D eigenvalue weighted by Gasteiger charge is 2.41. The Morgan fingerprint density at radius 1 is 1.18 bits per heavy atom. The summed E-state index contributed by atoms with van der Waals surface area (Å²) in [5.41, 5.74) is 2.42. The van der Waals surface area contributed by atoms with Crippen LogP contribution in [-0.2, 0) is 14.9 Å². The number of likely N-dealkylation sites (N-methyl/N-ethyl adjacent to an activating group) is 1. The monoisotopic (exact) mass is 384 g/mol. The topological polar surface area (TPSA) is 41.6 Å². The van der Waals surface area contributed by atoms with Crippen LogP contribution in [0.4, 0.5) is 10.1 Å². The average Bonchev–Trinajstić information content (AvgIpc) is 2.72. The van der Waals surface area contributed by atoms with Crippen molar-refractivity contribution in [1.82, 2.24) is 5.32 Å². The van der Waals surface area contributed by atoms with Crippen LogP contribution in [0.3, 0.4) is 0 Å². The standard InChI is InChI=1S/C23H29FN2O2/c1-3-26(21-10-5-4-7-18(21)2)14-13-25-22(27)23(11-15-28-16-12-23)19-8-6-9-20(24)17-19/h4-10,17H,3,11-16H2,1-2H3,(H,25,27). The number of carbonyl (C=O) groups is 1. The minimum Gasteiger partial charge on any atom is -0.381 e. The van der Waals surface area contributed by atoms with E-state index in [2.05, 4.69) is 36.2 Å². The zero-order valence-electron chi connectivity index (χ0n) is 16.7. The van der Waals surface area contributed by atoms with Crippen molar-refractivity contribution in [3.05, 3.63) is 65.5 Å². The van der Waals surface area contributed by atoms with Crippen molar-refractivity contribution in [1.29, 1.82) is 0 Å². The number of aryl methyl sites for hydroxylation is 1. The Labute approximate surface area is 166 Å². The molecule has 4 nitrogen and oxygen atoms in total. The molecule has 3 rings (SSSR count). The van der Waals surface area contributed by atoms with Gasteiger partial charge < -0.3 is 15.0 Å². The maximum absolute atomic E-state index is 13.8. The van der Waals surface area contributed by atoms with Gasteiger partial charge >= 0.3 is 0 Å². The van der Waals surface area contributed by atoms with Crippen LogP contribution in [0.5, 0.6) is 0 Å². The van der Waals surface area contributed by atoms with Gasteiger partial charge in [-0.2, -0.15) is 0 Å². The number of halogens is 1. The minimum absolute atomic E-state index is 0.0396. The Bertz CT molecular complexity index is 803. The second kappa shape index (κ2) is 9.20. The van der Waals surface area contributed by atoms with Gasteiger partial charge in [-0.1, -0.05) is 30.3 Å². The van der Waals surface area contributed by atoms with Crippen molar-refractivity contribution in [3.63, 3.8) is 0 Å². The van der Waals surface area contributed by atoms with E-state index in [0.717, 1.165) is 18.7 Å². The number of benzene rings is 2. The van der Waals surface area contributed by atoms with E-state index in [1.165, 1.54) is 23.4 Å². The molecule has 0 atom stereocenters. The normalized spacial score (nSPS) is 15.8. The van der Waals surface area contributed by atoms with E-state index in [9.17, 15) is 9.18 Å². The van der Waals surface area contributed by atoms with E-state index in [0.29, 0.717) is 32.6 Å². The molecule has 1 saturated heterocycles. The van der Waals surface area contributed by atoms with Gasteiger partial charge in [0, 0.05) is 38.5 Å². The summed E-state index contributed by atoms with van der Waals surface area (Å²) >= 11 is 0. The van der Waals surface area contributed by atoms with Gasteiger partial charge in [0.25, 0.3) is 0 Å². The summed E-state index contributed by atoms with van der Waals surface area (Å²) in [4.78, 5) is 15.5. The first-order valence-electron chi connectivity index (χ1n) is 9.99. The molecule has 1 fully saturated rings. The average molecular weight is 384 g/mol. The van der Waals surface area contributed by atoms with Crippen LogP contribution < -0.4 is 10.2 Å². The van der Waals surface area contributed by atoms with Gasteiger partial charge in [-0.3, -0.25) is 4.79 Å². The first-order valence-corrected chi connectivity index (χ1v) is 9.99. The molecule has 1 aliphatic rings. The van der Waals surface area contributed by atoms with Crippen molar-refractivity contribution in [2.75, 3.05) is 37.7 Å². The zero-order valence-corrected chi connectivity index (χ0v) is 16.7. The number of nitrogens with zero attached hydrogens (tertiary/aromatic N) is 1. The molecule has 0 saturated carbocycles. The van der Waals surface area contributed by atoms with Crippen molar-refractivity contribution in [2.45, 2.75) is 32.1 Å². The highest BCUT2D eigenvalue weighted by atomic mass is 19.1. The van der Waals surface area contributed by atoms with E-state index < -0.39 is 5.41 Å². The number of ether oxygens (including phenoxy) is 1. The molecule has 1 aliphatic heterocycles. The van der Waals surface area contributed by atoms with E-state index in [-0.39, 0.29) is 11.7 Å². The summed E-state index contributed by atoms with van der Waals surface area (Å²) in [6.45, 7) is 7.35. The van der Waals surface area contributed by atoms with Crippen LogP contribution in [0.15, 0.2) is 48.5 Å². The fourth-order valence-corrected chi connectivity index (χ4v) is 3.99. The Morgan fingerprint density at radius 2 is 1.93 bits per heavy atom. The molecule has 1 N–H and O–H groups in total. The number of rotatable bonds is 7. The third kappa shape index (κ3) is 4.36. The van der Waals surface area contributed by atoms with Crippen LogP contribution in [-0.4, -0.2) is 38.8 Å². The summed E-state index contributed by atoms with van der Waals surface area (Å²) in [6, 6.07) is 14.7. The quantitative estimate of drug-likeness (QED) is 0.789. The van der Waals surface area contributed by atoms with Gasteiger partial charge in [-0.25, -0.2) is 4.39 Å². The van der Waals surface area contributed by atoms with Gasteiger partial charge in [0.15, 0.2) is 0 Å². The predicted molar refractivity (Wildman–Crippen MR) is 110 cm³/mol. The smallest absolute Gasteiger partial charge is 0.230 e. The largest absolute Gasteiger partial charge is 0.381 e. The van der Waals surface area contributed by atoms with Crippen LogP contribution in [0.2, 0.25) is 0 Å². The minimum atomic E-state index is -0.722. The molecule has 1 amide bonds. The highest BCUT2D eigenvalue weighted by Crippen LogP contribution is 2.35. The fraction of sp³-hybridized carbons (Fsp3) is 0.435. The molecule has 2 aromatic rings. The number of hydrogen-bond donors (Lipinski definition) is 1. The molecular weight excluding hydrogens is 355 g/mol.